The van der Waals surface area contributed by atoms with E-state index in [2.05, 4.69) is 5.32 Å². The summed E-state index contributed by atoms with van der Waals surface area (Å²) in [5.41, 5.74) is 5.71. The monoisotopic (exact) mass is 255 g/mol. The summed E-state index contributed by atoms with van der Waals surface area (Å²) in [5.74, 6) is 0.478. The van der Waals surface area contributed by atoms with Gasteiger partial charge in [0.2, 0.25) is 11.8 Å². The van der Waals surface area contributed by atoms with Gasteiger partial charge in [-0.25, -0.2) is 0 Å². The second-order valence-electron chi connectivity index (χ2n) is 5.36. The zero-order valence-corrected chi connectivity index (χ0v) is 11.6. The molecule has 1 saturated carbocycles. The van der Waals surface area contributed by atoms with Gasteiger partial charge in [0.25, 0.3) is 0 Å². The molecule has 1 rings (SSSR count). The molecule has 0 unspecified atom stereocenters. The van der Waals surface area contributed by atoms with Gasteiger partial charge in [-0.1, -0.05) is 13.8 Å². The fraction of sp³-hybridized carbons (Fsp3) is 0.846. The van der Waals surface area contributed by atoms with Gasteiger partial charge in [0, 0.05) is 13.1 Å². The molecule has 2 amide bonds. The van der Waals surface area contributed by atoms with Crippen LogP contribution in [-0.2, 0) is 9.59 Å². The van der Waals surface area contributed by atoms with Crippen LogP contribution < -0.4 is 11.1 Å². The van der Waals surface area contributed by atoms with Crippen molar-refractivity contribution in [1.82, 2.24) is 10.2 Å². The summed E-state index contributed by atoms with van der Waals surface area (Å²) < 4.78 is 0. The Morgan fingerprint density at radius 1 is 1.39 bits per heavy atom. The predicted molar refractivity (Wildman–Crippen MR) is 70.8 cm³/mol. The van der Waals surface area contributed by atoms with Gasteiger partial charge in [-0.05, 0) is 31.6 Å². The minimum atomic E-state index is -0.545. The van der Waals surface area contributed by atoms with Crippen molar-refractivity contribution >= 4 is 11.8 Å². The molecule has 1 aliphatic carbocycles. The maximum atomic E-state index is 11.9. The lowest BCUT2D eigenvalue weighted by Gasteiger charge is -2.22. The van der Waals surface area contributed by atoms with E-state index in [1.807, 2.05) is 20.8 Å². The third-order valence-corrected chi connectivity index (χ3v) is 3.34. The van der Waals surface area contributed by atoms with E-state index in [-0.39, 0.29) is 24.3 Å². The minimum Gasteiger partial charge on any atom is -0.346 e. The Balaban J connectivity index is 2.31. The molecular formula is C13H25N3O2. The van der Waals surface area contributed by atoms with Crippen LogP contribution in [0.15, 0.2) is 0 Å². The maximum Gasteiger partial charge on any atom is 0.241 e. The standard InChI is InChI=1S/C13H25N3O2/c1-4-16(8-10-5-6-10)11(17)7-15-13(18)12(14)9(2)3/h9-10,12H,4-8,14H2,1-3H3,(H,15,18)/t12-/m0/s1. The number of carbonyl (C=O) groups excluding carboxylic acids is 2. The molecule has 0 aromatic heterocycles. The molecule has 1 fully saturated rings. The third kappa shape index (κ3) is 4.64. The Labute approximate surface area is 109 Å². The van der Waals surface area contributed by atoms with Crippen LogP contribution >= 0.6 is 0 Å². The minimum absolute atomic E-state index is 0.0197. The lowest BCUT2D eigenvalue weighted by molar-refractivity contribution is -0.133. The first-order valence-electron chi connectivity index (χ1n) is 6.76. The van der Waals surface area contributed by atoms with Crippen molar-refractivity contribution in [3.05, 3.63) is 0 Å². The fourth-order valence-electron chi connectivity index (χ4n) is 1.71. The molecule has 1 atom stereocenters. The summed E-state index contributed by atoms with van der Waals surface area (Å²) in [4.78, 5) is 25.3. The summed E-state index contributed by atoms with van der Waals surface area (Å²) in [6, 6.07) is -0.545. The third-order valence-electron chi connectivity index (χ3n) is 3.34. The number of likely N-dealkylation sites (N-methyl/N-ethyl adjacent to an activating group) is 1. The number of hydrogen-bond donors (Lipinski definition) is 2. The molecule has 18 heavy (non-hydrogen) atoms. The molecule has 0 aromatic carbocycles. The van der Waals surface area contributed by atoms with Crippen molar-refractivity contribution in [2.45, 2.75) is 39.7 Å². The van der Waals surface area contributed by atoms with Gasteiger partial charge in [-0.15, -0.1) is 0 Å². The molecule has 0 bridgehead atoms. The van der Waals surface area contributed by atoms with Crippen LogP contribution in [0.1, 0.15) is 33.6 Å². The summed E-state index contributed by atoms with van der Waals surface area (Å²) in [6.45, 7) is 7.31. The number of nitrogens with two attached hydrogens (primary N) is 1. The lowest BCUT2D eigenvalue weighted by atomic mass is 10.1. The SMILES string of the molecule is CCN(CC1CC1)C(=O)CNC(=O)[C@@H](N)C(C)C. The van der Waals surface area contributed by atoms with E-state index in [1.54, 1.807) is 4.90 Å². The fourth-order valence-corrected chi connectivity index (χ4v) is 1.71. The van der Waals surface area contributed by atoms with Crippen molar-refractivity contribution in [1.29, 1.82) is 0 Å². The average Bonchev–Trinajstić information content (AvgIpc) is 3.15. The summed E-state index contributed by atoms with van der Waals surface area (Å²) >= 11 is 0. The van der Waals surface area contributed by atoms with E-state index >= 15 is 0 Å². The van der Waals surface area contributed by atoms with Crippen LogP contribution in [0.4, 0.5) is 0 Å². The van der Waals surface area contributed by atoms with Crippen LogP contribution in [-0.4, -0.2) is 42.4 Å². The average molecular weight is 255 g/mol. The lowest BCUT2D eigenvalue weighted by Crippen LogP contribution is -2.48. The molecule has 3 N–H and O–H groups in total. The number of rotatable bonds is 7. The molecule has 1 aliphatic rings. The zero-order chi connectivity index (χ0) is 13.7. The van der Waals surface area contributed by atoms with Crippen molar-refractivity contribution < 1.29 is 9.59 Å². The van der Waals surface area contributed by atoms with Gasteiger partial charge in [-0.2, -0.15) is 0 Å². The second-order valence-corrected chi connectivity index (χ2v) is 5.36. The first-order chi connectivity index (χ1) is 8.45. The van der Waals surface area contributed by atoms with Crippen LogP contribution in [0.5, 0.6) is 0 Å². The van der Waals surface area contributed by atoms with Crippen LogP contribution in [0, 0.1) is 11.8 Å². The Bertz CT molecular complexity index is 301. The quantitative estimate of drug-likeness (QED) is 0.689. The Morgan fingerprint density at radius 3 is 2.44 bits per heavy atom. The van der Waals surface area contributed by atoms with Crippen LogP contribution in [0.25, 0.3) is 0 Å². The highest BCUT2D eigenvalue weighted by atomic mass is 16.2. The summed E-state index contributed by atoms with van der Waals surface area (Å²) in [5, 5.41) is 2.62. The molecule has 0 aliphatic heterocycles. The smallest absolute Gasteiger partial charge is 0.241 e. The Kier molecular flexibility index (Phi) is 5.59. The molecule has 0 radical (unpaired) electrons. The maximum absolute atomic E-state index is 11.9. The number of hydrogen-bond acceptors (Lipinski definition) is 3. The normalized spacial score (nSPS) is 16.5. The number of amides is 2. The largest absolute Gasteiger partial charge is 0.346 e. The van der Waals surface area contributed by atoms with Crippen molar-refractivity contribution in [3.63, 3.8) is 0 Å². The first-order valence-corrected chi connectivity index (χ1v) is 6.76. The number of carbonyl (C=O) groups is 2. The van der Waals surface area contributed by atoms with E-state index in [4.69, 9.17) is 5.73 Å². The molecule has 0 spiro atoms. The van der Waals surface area contributed by atoms with Gasteiger partial charge in [0.15, 0.2) is 0 Å². The van der Waals surface area contributed by atoms with Crippen LogP contribution in [0.2, 0.25) is 0 Å². The number of nitrogens with zero attached hydrogens (tertiary/aromatic N) is 1. The van der Waals surface area contributed by atoms with Gasteiger partial charge in [0.1, 0.15) is 0 Å². The second kappa shape index (κ2) is 6.73. The van der Waals surface area contributed by atoms with E-state index < -0.39 is 6.04 Å². The molecule has 104 valence electrons. The van der Waals surface area contributed by atoms with Gasteiger partial charge in [0.05, 0.1) is 12.6 Å². The molecule has 5 heteroatoms. The highest BCUT2D eigenvalue weighted by molar-refractivity contribution is 5.87. The summed E-state index contributed by atoms with van der Waals surface area (Å²) in [6.07, 6.45) is 2.43. The summed E-state index contributed by atoms with van der Waals surface area (Å²) in [7, 11) is 0. The molecule has 0 aromatic rings. The highest BCUT2D eigenvalue weighted by Crippen LogP contribution is 2.29. The number of nitrogens with one attached hydrogen (secondary N) is 1. The van der Waals surface area contributed by atoms with Crippen LogP contribution in [0.3, 0.4) is 0 Å². The Hall–Kier alpha value is -1.10. The predicted octanol–water partition coefficient (Wildman–Crippen LogP) is 0.344. The highest BCUT2D eigenvalue weighted by Gasteiger charge is 2.26. The van der Waals surface area contributed by atoms with Crippen molar-refractivity contribution in [3.8, 4) is 0 Å². The molecule has 5 nitrogen and oxygen atoms in total. The topological polar surface area (TPSA) is 75.4 Å². The van der Waals surface area contributed by atoms with Gasteiger partial charge in [-0.3, -0.25) is 9.59 Å². The van der Waals surface area contributed by atoms with E-state index in [0.717, 1.165) is 6.54 Å². The van der Waals surface area contributed by atoms with Gasteiger partial charge >= 0.3 is 0 Å². The van der Waals surface area contributed by atoms with E-state index in [1.165, 1.54) is 12.8 Å². The van der Waals surface area contributed by atoms with E-state index in [0.29, 0.717) is 12.5 Å². The van der Waals surface area contributed by atoms with Crippen molar-refractivity contribution in [2.24, 2.45) is 17.6 Å². The van der Waals surface area contributed by atoms with E-state index in [9.17, 15) is 9.59 Å². The zero-order valence-electron chi connectivity index (χ0n) is 11.6. The molecular weight excluding hydrogens is 230 g/mol. The van der Waals surface area contributed by atoms with Gasteiger partial charge < -0.3 is 16.0 Å². The first kappa shape index (κ1) is 15.0. The van der Waals surface area contributed by atoms with Crippen molar-refractivity contribution in [2.75, 3.05) is 19.6 Å². The molecule has 0 saturated heterocycles. The Morgan fingerprint density at radius 2 is 2.00 bits per heavy atom. The molecule has 0 heterocycles.